The highest BCUT2D eigenvalue weighted by Gasteiger charge is 2.44. The molecule has 0 radical (unpaired) electrons. The first kappa shape index (κ1) is 20.7. The summed E-state index contributed by atoms with van der Waals surface area (Å²) in [5.74, 6) is 1.45. The molecule has 0 bridgehead atoms. The van der Waals surface area contributed by atoms with Gasteiger partial charge in [0, 0.05) is 35.8 Å². The molecule has 6 nitrogen and oxygen atoms in total. The summed E-state index contributed by atoms with van der Waals surface area (Å²) < 4.78 is 11.4. The van der Waals surface area contributed by atoms with Crippen LogP contribution in [0.1, 0.15) is 35.6 Å². The van der Waals surface area contributed by atoms with Gasteiger partial charge in [-0.25, -0.2) is 4.98 Å². The number of hydrogen-bond acceptors (Lipinski definition) is 6. The Kier molecular flexibility index (Phi) is 5.89. The Hall–Kier alpha value is -3.21. The molecule has 5 rings (SSSR count). The van der Waals surface area contributed by atoms with Gasteiger partial charge in [-0.2, -0.15) is 5.26 Å². The van der Waals surface area contributed by atoms with Gasteiger partial charge in [-0.1, -0.05) is 12.1 Å². The van der Waals surface area contributed by atoms with Crippen molar-refractivity contribution in [3.05, 3.63) is 64.5 Å². The second-order valence-electron chi connectivity index (χ2n) is 8.14. The van der Waals surface area contributed by atoms with Crippen molar-refractivity contribution < 1.29 is 14.3 Å². The van der Waals surface area contributed by atoms with E-state index in [1.807, 2.05) is 41.8 Å². The van der Waals surface area contributed by atoms with Gasteiger partial charge in [0.2, 0.25) is 5.91 Å². The largest absolute Gasteiger partial charge is 0.489 e. The number of carbonyl (C=O) groups excluding carboxylic acids is 1. The number of anilines is 1. The summed E-state index contributed by atoms with van der Waals surface area (Å²) in [6, 6.07) is 15.7. The van der Waals surface area contributed by atoms with E-state index < -0.39 is 0 Å². The molecular formula is C25H23N3O3S. The Morgan fingerprint density at radius 1 is 1.19 bits per heavy atom. The average Bonchev–Trinajstić information content (AvgIpc) is 3.45. The summed E-state index contributed by atoms with van der Waals surface area (Å²) in [4.78, 5) is 18.2. The summed E-state index contributed by atoms with van der Waals surface area (Å²) in [6.45, 7) is 1.37. The van der Waals surface area contributed by atoms with Crippen molar-refractivity contribution in [2.24, 2.45) is 5.92 Å². The monoisotopic (exact) mass is 445 g/mol. The number of amides is 1. The number of hydrogen-bond donors (Lipinski definition) is 1. The van der Waals surface area contributed by atoms with Crippen molar-refractivity contribution in [3.8, 4) is 22.9 Å². The molecule has 1 aliphatic carbocycles. The van der Waals surface area contributed by atoms with Gasteiger partial charge in [-0.05, 0) is 53.3 Å². The molecular weight excluding hydrogens is 422 g/mol. The smallest absolute Gasteiger partial charge is 0.229 e. The molecule has 3 aromatic rings. The van der Waals surface area contributed by atoms with Crippen LogP contribution in [0.15, 0.2) is 54.0 Å². The van der Waals surface area contributed by atoms with Crippen LogP contribution in [0, 0.1) is 17.2 Å². The predicted molar refractivity (Wildman–Crippen MR) is 123 cm³/mol. The lowest BCUT2D eigenvalue weighted by Gasteiger charge is -2.23. The van der Waals surface area contributed by atoms with Crippen LogP contribution in [0.25, 0.3) is 11.1 Å². The number of rotatable bonds is 6. The third kappa shape index (κ3) is 4.52. The SMILES string of the molecule is N#Cc1cc(-c2ccnc(NC(=O)[C@@H]3C[C@H]3c3cccs3)c2)ccc1OC1CCOCC1. The third-order valence-electron chi connectivity index (χ3n) is 5.94. The van der Waals surface area contributed by atoms with Gasteiger partial charge in [-0.15, -0.1) is 11.3 Å². The molecule has 162 valence electrons. The van der Waals surface area contributed by atoms with Crippen LogP contribution in [0.4, 0.5) is 5.82 Å². The summed E-state index contributed by atoms with van der Waals surface area (Å²) in [7, 11) is 0. The molecule has 32 heavy (non-hydrogen) atoms. The van der Waals surface area contributed by atoms with E-state index in [0.29, 0.717) is 36.3 Å². The molecule has 0 unspecified atom stereocenters. The molecule has 1 amide bonds. The summed E-state index contributed by atoms with van der Waals surface area (Å²) in [5.41, 5.74) is 2.25. The van der Waals surface area contributed by atoms with E-state index in [4.69, 9.17) is 9.47 Å². The number of nitrogens with one attached hydrogen (secondary N) is 1. The molecule has 2 aromatic heterocycles. The van der Waals surface area contributed by atoms with Crippen molar-refractivity contribution in [3.63, 3.8) is 0 Å². The van der Waals surface area contributed by atoms with E-state index in [-0.39, 0.29) is 17.9 Å². The number of benzene rings is 1. The Balaban J connectivity index is 1.28. The Bertz CT molecular complexity index is 1150. The van der Waals surface area contributed by atoms with E-state index in [0.717, 1.165) is 30.4 Å². The molecule has 2 aliphatic rings. The van der Waals surface area contributed by atoms with Crippen LogP contribution >= 0.6 is 11.3 Å². The minimum atomic E-state index is 0.00548. The number of nitriles is 1. The highest BCUT2D eigenvalue weighted by atomic mass is 32.1. The van der Waals surface area contributed by atoms with Gasteiger partial charge >= 0.3 is 0 Å². The Morgan fingerprint density at radius 2 is 2.03 bits per heavy atom. The van der Waals surface area contributed by atoms with Crippen molar-refractivity contribution >= 4 is 23.1 Å². The average molecular weight is 446 g/mol. The van der Waals surface area contributed by atoms with Crippen LogP contribution in [0.5, 0.6) is 5.75 Å². The normalized spacial score (nSPS) is 20.3. The number of thiophene rings is 1. The molecule has 0 spiro atoms. The fourth-order valence-electron chi connectivity index (χ4n) is 4.07. The predicted octanol–water partition coefficient (Wildman–Crippen LogP) is 4.98. The van der Waals surface area contributed by atoms with E-state index in [1.165, 1.54) is 4.88 Å². The minimum absolute atomic E-state index is 0.00548. The first-order valence-electron chi connectivity index (χ1n) is 10.8. The van der Waals surface area contributed by atoms with E-state index in [2.05, 4.69) is 22.4 Å². The van der Waals surface area contributed by atoms with Crippen LogP contribution in [-0.4, -0.2) is 30.2 Å². The quantitative estimate of drug-likeness (QED) is 0.578. The van der Waals surface area contributed by atoms with Gasteiger partial charge in [-0.3, -0.25) is 4.79 Å². The van der Waals surface area contributed by atoms with Crippen molar-refractivity contribution in [2.45, 2.75) is 31.3 Å². The highest BCUT2D eigenvalue weighted by molar-refractivity contribution is 7.10. The first-order valence-corrected chi connectivity index (χ1v) is 11.7. The van der Waals surface area contributed by atoms with Crippen molar-refractivity contribution in [1.29, 1.82) is 5.26 Å². The van der Waals surface area contributed by atoms with Crippen molar-refractivity contribution in [2.75, 3.05) is 18.5 Å². The van der Waals surface area contributed by atoms with Gasteiger partial charge in [0.05, 0.1) is 18.8 Å². The lowest BCUT2D eigenvalue weighted by atomic mass is 10.0. The van der Waals surface area contributed by atoms with Gasteiger partial charge in [0.15, 0.2) is 0 Å². The lowest BCUT2D eigenvalue weighted by molar-refractivity contribution is -0.117. The zero-order valence-corrected chi connectivity index (χ0v) is 18.3. The summed E-state index contributed by atoms with van der Waals surface area (Å²) in [5, 5.41) is 14.6. The molecule has 1 aromatic carbocycles. The van der Waals surface area contributed by atoms with Crippen molar-refractivity contribution in [1.82, 2.24) is 4.98 Å². The number of carbonyl (C=O) groups is 1. The Morgan fingerprint density at radius 3 is 2.81 bits per heavy atom. The molecule has 1 N–H and O–H groups in total. The zero-order chi connectivity index (χ0) is 21.9. The molecule has 7 heteroatoms. The maximum absolute atomic E-state index is 12.6. The first-order chi connectivity index (χ1) is 15.7. The number of pyridine rings is 1. The number of aromatic nitrogens is 1. The van der Waals surface area contributed by atoms with E-state index in [9.17, 15) is 10.1 Å². The lowest BCUT2D eigenvalue weighted by Crippen LogP contribution is -2.26. The number of ether oxygens (including phenoxy) is 2. The minimum Gasteiger partial charge on any atom is -0.489 e. The fourth-order valence-corrected chi connectivity index (χ4v) is 4.98. The summed E-state index contributed by atoms with van der Waals surface area (Å²) >= 11 is 1.70. The molecule has 2 atom stereocenters. The molecule has 3 heterocycles. The van der Waals surface area contributed by atoms with Crippen LogP contribution in [-0.2, 0) is 9.53 Å². The Labute approximate surface area is 190 Å². The standard InChI is InChI=1S/C25H23N3O3S/c26-15-18-12-16(3-4-22(18)31-19-6-9-30-10-7-19)17-5-8-27-24(13-17)28-25(29)21-14-20(21)23-2-1-11-32-23/h1-5,8,11-13,19-21H,6-7,9-10,14H2,(H,27,28,29)/t20-,21-/m1/s1. The van der Waals surface area contributed by atoms with E-state index in [1.54, 1.807) is 17.5 Å². The molecule has 1 saturated carbocycles. The molecule has 1 aliphatic heterocycles. The van der Waals surface area contributed by atoms with E-state index >= 15 is 0 Å². The zero-order valence-electron chi connectivity index (χ0n) is 17.5. The van der Waals surface area contributed by atoms with Gasteiger partial charge < -0.3 is 14.8 Å². The maximum Gasteiger partial charge on any atom is 0.229 e. The second kappa shape index (κ2) is 9.11. The second-order valence-corrected chi connectivity index (χ2v) is 9.11. The van der Waals surface area contributed by atoms with Gasteiger partial charge in [0.1, 0.15) is 23.7 Å². The van der Waals surface area contributed by atoms with Crippen LogP contribution in [0.3, 0.4) is 0 Å². The molecule has 2 fully saturated rings. The number of nitrogens with zero attached hydrogens (tertiary/aromatic N) is 2. The molecule has 1 saturated heterocycles. The highest BCUT2D eigenvalue weighted by Crippen LogP contribution is 2.49. The topological polar surface area (TPSA) is 84.2 Å². The third-order valence-corrected chi connectivity index (χ3v) is 6.95. The van der Waals surface area contributed by atoms with Gasteiger partial charge in [0.25, 0.3) is 0 Å². The van der Waals surface area contributed by atoms with Crippen LogP contribution < -0.4 is 10.1 Å². The van der Waals surface area contributed by atoms with Crippen LogP contribution in [0.2, 0.25) is 0 Å². The summed E-state index contributed by atoms with van der Waals surface area (Å²) in [6.07, 6.45) is 4.28. The maximum atomic E-state index is 12.6. The fraction of sp³-hybridized carbons (Fsp3) is 0.320.